The van der Waals surface area contributed by atoms with Crippen LogP contribution in [0.2, 0.25) is 0 Å². The van der Waals surface area contributed by atoms with Crippen molar-refractivity contribution in [1.29, 1.82) is 0 Å². The van der Waals surface area contributed by atoms with Gasteiger partial charge in [-0.15, -0.1) is 0 Å². The molecule has 4 heteroatoms. The number of hydrogen-bond donors (Lipinski definition) is 2. The maximum atomic E-state index is 11.3. The molecule has 1 unspecified atom stereocenters. The number of hydrogen-bond acceptors (Lipinski definition) is 2. The van der Waals surface area contributed by atoms with E-state index in [9.17, 15) is 4.79 Å². The fraction of sp³-hybridized carbons (Fsp3) is 0.700. The van der Waals surface area contributed by atoms with Gasteiger partial charge in [-0.1, -0.05) is 12.2 Å². The van der Waals surface area contributed by atoms with Crippen molar-refractivity contribution in [1.82, 2.24) is 10.6 Å². The second kappa shape index (κ2) is 6.43. The third-order valence-electron chi connectivity index (χ3n) is 2.10. The Hall–Kier alpha value is -1.03. The first-order valence-electron chi connectivity index (χ1n) is 5.06. The lowest BCUT2D eigenvalue weighted by atomic mass is 10.3. The quantitative estimate of drug-likeness (QED) is 0.524. The molecule has 14 heavy (non-hydrogen) atoms. The highest BCUT2D eigenvalue weighted by molar-refractivity contribution is 5.74. The Bertz CT molecular complexity index is 198. The van der Waals surface area contributed by atoms with Crippen LogP contribution in [-0.2, 0) is 4.74 Å². The molecule has 2 N–H and O–H groups in total. The molecule has 0 aromatic rings. The van der Waals surface area contributed by atoms with Gasteiger partial charge in [-0.2, -0.15) is 0 Å². The molecule has 4 nitrogen and oxygen atoms in total. The number of amides is 2. The van der Waals surface area contributed by atoms with Gasteiger partial charge < -0.3 is 15.4 Å². The van der Waals surface area contributed by atoms with Gasteiger partial charge in [0.15, 0.2) is 0 Å². The van der Waals surface area contributed by atoms with Crippen LogP contribution < -0.4 is 10.6 Å². The van der Waals surface area contributed by atoms with Crippen molar-refractivity contribution in [2.45, 2.75) is 25.8 Å². The van der Waals surface area contributed by atoms with Crippen molar-refractivity contribution in [3.63, 3.8) is 0 Å². The van der Waals surface area contributed by atoms with Crippen molar-refractivity contribution < 1.29 is 9.53 Å². The van der Waals surface area contributed by atoms with E-state index in [1.807, 2.05) is 19.1 Å². The smallest absolute Gasteiger partial charge is 0.315 e. The van der Waals surface area contributed by atoms with Crippen LogP contribution >= 0.6 is 0 Å². The largest absolute Gasteiger partial charge is 0.379 e. The molecule has 1 atom stereocenters. The Kier molecular flexibility index (Phi) is 5.07. The van der Waals surface area contributed by atoms with E-state index in [4.69, 9.17) is 4.74 Å². The number of allylic oxidation sites excluding steroid dienone is 1. The minimum atomic E-state index is -0.0926. The molecule has 0 aromatic carbocycles. The molecule has 80 valence electrons. The number of urea groups is 1. The van der Waals surface area contributed by atoms with Crippen LogP contribution in [-0.4, -0.2) is 31.8 Å². The maximum Gasteiger partial charge on any atom is 0.315 e. The Morgan fingerprint density at radius 1 is 1.64 bits per heavy atom. The molecular formula is C10H18N2O2. The topological polar surface area (TPSA) is 50.4 Å². The first-order valence-corrected chi connectivity index (χ1v) is 5.06. The Labute approximate surface area is 84.7 Å². The molecule has 1 heterocycles. The highest BCUT2D eigenvalue weighted by Gasteiger charge is 2.16. The minimum Gasteiger partial charge on any atom is -0.379 e. The second-order valence-corrected chi connectivity index (χ2v) is 3.32. The van der Waals surface area contributed by atoms with E-state index in [-0.39, 0.29) is 12.1 Å². The van der Waals surface area contributed by atoms with Gasteiger partial charge in [0.05, 0.1) is 12.6 Å². The molecule has 1 rings (SSSR count). The van der Waals surface area contributed by atoms with E-state index in [1.165, 1.54) is 0 Å². The van der Waals surface area contributed by atoms with Crippen molar-refractivity contribution in [3.8, 4) is 0 Å². The summed E-state index contributed by atoms with van der Waals surface area (Å²) in [6, 6.07) is 0.0988. The standard InChI is InChI=1S/C10H18N2O2/c1-2-3-4-6-11-10(13)12-9-5-7-14-8-9/h2-3,9H,4-8H2,1H3,(H2,11,12,13)/b3-2+. The zero-order valence-corrected chi connectivity index (χ0v) is 8.58. The zero-order valence-electron chi connectivity index (χ0n) is 8.58. The van der Waals surface area contributed by atoms with Gasteiger partial charge in [0, 0.05) is 13.2 Å². The Morgan fingerprint density at radius 2 is 2.50 bits per heavy atom. The van der Waals surface area contributed by atoms with E-state index in [0.717, 1.165) is 19.4 Å². The molecule has 1 aliphatic heterocycles. The first kappa shape index (κ1) is 11.0. The van der Waals surface area contributed by atoms with Crippen LogP contribution in [0.25, 0.3) is 0 Å². The molecule has 2 amide bonds. The molecule has 1 saturated heterocycles. The highest BCUT2D eigenvalue weighted by Crippen LogP contribution is 2.02. The molecule has 1 aliphatic rings. The van der Waals surface area contributed by atoms with Gasteiger partial charge >= 0.3 is 6.03 Å². The predicted molar refractivity (Wildman–Crippen MR) is 55.2 cm³/mol. The summed E-state index contributed by atoms with van der Waals surface area (Å²) in [5.41, 5.74) is 0. The molecule has 0 aromatic heterocycles. The summed E-state index contributed by atoms with van der Waals surface area (Å²) in [5.74, 6) is 0. The fourth-order valence-corrected chi connectivity index (χ4v) is 1.32. The van der Waals surface area contributed by atoms with Crippen LogP contribution in [0.3, 0.4) is 0 Å². The predicted octanol–water partition coefficient (Wildman–Crippen LogP) is 1.04. The average molecular weight is 198 g/mol. The number of carbonyl (C=O) groups excluding carboxylic acids is 1. The van der Waals surface area contributed by atoms with E-state index in [0.29, 0.717) is 13.2 Å². The van der Waals surface area contributed by atoms with Crippen LogP contribution in [0.4, 0.5) is 4.79 Å². The van der Waals surface area contributed by atoms with E-state index < -0.39 is 0 Å². The maximum absolute atomic E-state index is 11.3. The summed E-state index contributed by atoms with van der Waals surface area (Å²) in [5, 5.41) is 5.64. The lowest BCUT2D eigenvalue weighted by molar-refractivity contribution is 0.188. The van der Waals surface area contributed by atoms with Gasteiger partial charge in [-0.25, -0.2) is 4.79 Å². The van der Waals surface area contributed by atoms with Crippen LogP contribution in [0.15, 0.2) is 12.2 Å². The van der Waals surface area contributed by atoms with E-state index in [2.05, 4.69) is 10.6 Å². The molecule has 0 saturated carbocycles. The molecule has 0 spiro atoms. The fourth-order valence-electron chi connectivity index (χ4n) is 1.32. The third kappa shape index (κ3) is 4.28. The SMILES string of the molecule is C/C=C/CCNC(=O)NC1CCOC1. The summed E-state index contributed by atoms with van der Waals surface area (Å²) in [4.78, 5) is 11.3. The number of nitrogens with one attached hydrogen (secondary N) is 2. The minimum absolute atomic E-state index is 0.0926. The summed E-state index contributed by atoms with van der Waals surface area (Å²) < 4.78 is 5.15. The van der Waals surface area contributed by atoms with Crippen molar-refractivity contribution >= 4 is 6.03 Å². The van der Waals surface area contributed by atoms with Gasteiger partial charge in [-0.05, 0) is 19.8 Å². The molecule has 0 aliphatic carbocycles. The van der Waals surface area contributed by atoms with Crippen molar-refractivity contribution in [2.75, 3.05) is 19.8 Å². The summed E-state index contributed by atoms with van der Waals surface area (Å²) in [7, 11) is 0. The van der Waals surface area contributed by atoms with Crippen molar-refractivity contribution in [3.05, 3.63) is 12.2 Å². The first-order chi connectivity index (χ1) is 6.83. The molecule has 0 bridgehead atoms. The van der Waals surface area contributed by atoms with E-state index >= 15 is 0 Å². The number of ether oxygens (including phenoxy) is 1. The van der Waals surface area contributed by atoms with Gasteiger partial charge in [0.2, 0.25) is 0 Å². The monoisotopic (exact) mass is 198 g/mol. The zero-order chi connectivity index (χ0) is 10.2. The lowest BCUT2D eigenvalue weighted by Gasteiger charge is -2.10. The van der Waals surface area contributed by atoms with Crippen molar-refractivity contribution in [2.24, 2.45) is 0 Å². The Balaban J connectivity index is 2.03. The Morgan fingerprint density at radius 3 is 3.14 bits per heavy atom. The van der Waals surface area contributed by atoms with Gasteiger partial charge in [0.1, 0.15) is 0 Å². The molecule has 1 fully saturated rings. The number of carbonyl (C=O) groups is 1. The normalized spacial score (nSPS) is 21.4. The van der Waals surface area contributed by atoms with Crippen LogP contribution in [0, 0.1) is 0 Å². The average Bonchev–Trinajstić information content (AvgIpc) is 2.65. The van der Waals surface area contributed by atoms with Crippen LogP contribution in [0.5, 0.6) is 0 Å². The van der Waals surface area contributed by atoms with Gasteiger partial charge in [0.25, 0.3) is 0 Å². The van der Waals surface area contributed by atoms with Gasteiger partial charge in [-0.3, -0.25) is 0 Å². The number of rotatable bonds is 4. The van der Waals surface area contributed by atoms with Crippen LogP contribution in [0.1, 0.15) is 19.8 Å². The third-order valence-corrected chi connectivity index (χ3v) is 2.10. The summed E-state index contributed by atoms with van der Waals surface area (Å²) >= 11 is 0. The summed E-state index contributed by atoms with van der Waals surface area (Å²) in [6.45, 7) is 4.05. The highest BCUT2D eigenvalue weighted by atomic mass is 16.5. The molecular weight excluding hydrogens is 180 g/mol. The molecule has 0 radical (unpaired) electrons. The van der Waals surface area contributed by atoms with E-state index in [1.54, 1.807) is 0 Å². The summed E-state index contributed by atoms with van der Waals surface area (Å²) in [6.07, 6.45) is 5.80. The lowest BCUT2D eigenvalue weighted by Crippen LogP contribution is -2.42. The second-order valence-electron chi connectivity index (χ2n) is 3.32.